The number of aryl methyl sites for hydroxylation is 1. The molecule has 1 heterocycles. The van der Waals surface area contributed by atoms with Gasteiger partial charge in [0.25, 0.3) is 0 Å². The number of nitrogens with two attached hydrogens (primary N) is 1. The molecule has 2 N–H and O–H groups in total. The molecule has 2 unspecified atom stereocenters. The van der Waals surface area contributed by atoms with E-state index in [4.69, 9.17) is 17.3 Å². The van der Waals surface area contributed by atoms with Gasteiger partial charge in [0.2, 0.25) is 0 Å². The van der Waals surface area contributed by atoms with E-state index in [9.17, 15) is 4.39 Å². The van der Waals surface area contributed by atoms with Crippen LogP contribution in [0, 0.1) is 0 Å². The maximum atomic E-state index is 14.0. The summed E-state index contributed by atoms with van der Waals surface area (Å²) < 4.78 is 15.4. The molecule has 0 amide bonds. The molecule has 0 aliphatic carbocycles. The summed E-state index contributed by atoms with van der Waals surface area (Å²) in [6.07, 6.45) is 1.41. The van der Waals surface area contributed by atoms with E-state index in [1.54, 1.807) is 14.0 Å². The Kier molecular flexibility index (Phi) is 2.63. The molecule has 3 nitrogen and oxygen atoms in total. The van der Waals surface area contributed by atoms with Crippen LogP contribution in [0.2, 0.25) is 5.02 Å². The predicted molar refractivity (Wildman–Crippen MR) is 50.3 cm³/mol. The van der Waals surface area contributed by atoms with Crippen LogP contribution in [0.15, 0.2) is 6.20 Å². The summed E-state index contributed by atoms with van der Waals surface area (Å²) in [4.78, 5) is 0. The van der Waals surface area contributed by atoms with Gasteiger partial charge in [-0.15, -0.1) is 0 Å². The second kappa shape index (κ2) is 3.27. The topological polar surface area (TPSA) is 43.8 Å². The molecular formula is C8H13ClFN3. The quantitative estimate of drug-likeness (QED) is 0.797. The van der Waals surface area contributed by atoms with Crippen LogP contribution in [0.1, 0.15) is 19.5 Å². The first-order valence-corrected chi connectivity index (χ1v) is 4.37. The van der Waals surface area contributed by atoms with Gasteiger partial charge >= 0.3 is 0 Å². The van der Waals surface area contributed by atoms with Crippen LogP contribution in [-0.2, 0) is 12.7 Å². The fraction of sp³-hybridized carbons (Fsp3) is 0.625. The molecule has 2 atom stereocenters. The van der Waals surface area contributed by atoms with Crippen molar-refractivity contribution in [1.29, 1.82) is 0 Å². The largest absolute Gasteiger partial charge is 0.325 e. The number of aromatic nitrogens is 2. The first-order valence-electron chi connectivity index (χ1n) is 4.00. The summed E-state index contributed by atoms with van der Waals surface area (Å²) in [6, 6.07) is -0.625. The lowest BCUT2D eigenvalue weighted by Gasteiger charge is -2.24. The van der Waals surface area contributed by atoms with Crippen molar-refractivity contribution in [3.63, 3.8) is 0 Å². The van der Waals surface area contributed by atoms with Gasteiger partial charge in [0, 0.05) is 13.1 Å². The SMILES string of the molecule is CC(N)C(C)(F)c1c(Cl)cnn1C. The highest BCUT2D eigenvalue weighted by atomic mass is 35.5. The molecular weight excluding hydrogens is 193 g/mol. The van der Waals surface area contributed by atoms with Crippen LogP contribution in [0.4, 0.5) is 4.39 Å². The Morgan fingerprint density at radius 1 is 1.77 bits per heavy atom. The van der Waals surface area contributed by atoms with E-state index in [1.807, 2.05) is 0 Å². The van der Waals surface area contributed by atoms with Gasteiger partial charge < -0.3 is 5.73 Å². The number of hydrogen-bond acceptors (Lipinski definition) is 2. The monoisotopic (exact) mass is 205 g/mol. The minimum absolute atomic E-state index is 0.310. The number of halogens is 2. The van der Waals surface area contributed by atoms with Gasteiger partial charge in [-0.1, -0.05) is 11.6 Å². The van der Waals surface area contributed by atoms with Gasteiger partial charge in [-0.3, -0.25) is 4.68 Å². The normalized spacial score (nSPS) is 18.3. The smallest absolute Gasteiger partial charge is 0.165 e. The molecule has 0 aliphatic heterocycles. The second-order valence-electron chi connectivity index (χ2n) is 3.33. The van der Waals surface area contributed by atoms with E-state index in [0.717, 1.165) is 0 Å². The second-order valence-corrected chi connectivity index (χ2v) is 3.74. The van der Waals surface area contributed by atoms with Crippen LogP contribution in [0.5, 0.6) is 0 Å². The summed E-state index contributed by atoms with van der Waals surface area (Å²) in [5, 5.41) is 4.16. The molecule has 0 aromatic carbocycles. The van der Waals surface area contributed by atoms with Crippen molar-refractivity contribution in [3.8, 4) is 0 Å². The summed E-state index contributed by atoms with van der Waals surface area (Å²) in [5.74, 6) is 0. The molecule has 0 saturated heterocycles. The maximum absolute atomic E-state index is 14.0. The average Bonchev–Trinajstić information content (AvgIpc) is 2.30. The summed E-state index contributed by atoms with van der Waals surface area (Å²) >= 11 is 5.79. The minimum atomic E-state index is -1.65. The maximum Gasteiger partial charge on any atom is 0.165 e. The Balaban J connectivity index is 3.20. The fourth-order valence-corrected chi connectivity index (χ4v) is 1.53. The van der Waals surface area contributed by atoms with Crippen molar-refractivity contribution in [2.24, 2.45) is 12.8 Å². The van der Waals surface area contributed by atoms with Crippen molar-refractivity contribution in [3.05, 3.63) is 16.9 Å². The van der Waals surface area contributed by atoms with Crippen LogP contribution >= 0.6 is 11.6 Å². The highest BCUT2D eigenvalue weighted by Crippen LogP contribution is 2.32. The zero-order chi connectivity index (χ0) is 10.2. The first-order chi connectivity index (χ1) is 5.87. The van der Waals surface area contributed by atoms with Crippen molar-refractivity contribution < 1.29 is 4.39 Å². The number of alkyl halides is 1. The van der Waals surface area contributed by atoms with Crippen LogP contribution in [-0.4, -0.2) is 15.8 Å². The number of nitrogens with zero attached hydrogens (tertiary/aromatic N) is 2. The van der Waals surface area contributed by atoms with Gasteiger partial charge in [-0.2, -0.15) is 5.10 Å². The standard InChI is InChI=1S/C8H13ClFN3/c1-5(11)8(2,10)7-6(9)4-12-13(7)3/h4-5H,11H2,1-3H3. The van der Waals surface area contributed by atoms with Crippen molar-refractivity contribution >= 4 is 11.6 Å². The van der Waals surface area contributed by atoms with E-state index in [-0.39, 0.29) is 0 Å². The van der Waals surface area contributed by atoms with Crippen LogP contribution in [0.25, 0.3) is 0 Å². The third-order valence-corrected chi connectivity index (χ3v) is 2.49. The third kappa shape index (κ3) is 1.69. The molecule has 1 aromatic rings. The summed E-state index contributed by atoms with van der Waals surface area (Å²) in [7, 11) is 1.64. The number of hydrogen-bond donors (Lipinski definition) is 1. The average molecular weight is 206 g/mol. The van der Waals surface area contributed by atoms with Crippen molar-refractivity contribution in [1.82, 2.24) is 9.78 Å². The van der Waals surface area contributed by atoms with Gasteiger partial charge in [0.15, 0.2) is 5.67 Å². The van der Waals surface area contributed by atoms with Crippen molar-refractivity contribution in [2.75, 3.05) is 0 Å². The molecule has 0 aliphatic rings. The van der Waals surface area contributed by atoms with Crippen molar-refractivity contribution in [2.45, 2.75) is 25.6 Å². The Hall–Kier alpha value is -0.610. The molecule has 0 radical (unpaired) electrons. The molecule has 1 rings (SSSR count). The fourth-order valence-electron chi connectivity index (χ4n) is 1.18. The van der Waals surface area contributed by atoms with Gasteiger partial charge in [0.05, 0.1) is 16.9 Å². The zero-order valence-corrected chi connectivity index (χ0v) is 8.64. The van der Waals surface area contributed by atoms with E-state index >= 15 is 0 Å². The highest BCUT2D eigenvalue weighted by Gasteiger charge is 2.35. The Morgan fingerprint density at radius 3 is 2.62 bits per heavy atom. The van der Waals surface area contributed by atoms with E-state index in [2.05, 4.69) is 5.10 Å². The highest BCUT2D eigenvalue weighted by molar-refractivity contribution is 6.31. The lowest BCUT2D eigenvalue weighted by atomic mass is 9.97. The van der Waals surface area contributed by atoms with Gasteiger partial charge in [-0.05, 0) is 13.8 Å². The lowest BCUT2D eigenvalue weighted by molar-refractivity contribution is 0.146. The summed E-state index contributed by atoms with van der Waals surface area (Å²) in [6.45, 7) is 3.00. The molecule has 0 saturated carbocycles. The molecule has 0 spiro atoms. The molecule has 5 heteroatoms. The molecule has 0 bridgehead atoms. The Bertz CT molecular complexity index is 287. The van der Waals surface area contributed by atoms with Gasteiger partial charge in [-0.25, -0.2) is 4.39 Å². The van der Waals surface area contributed by atoms with Crippen LogP contribution in [0.3, 0.4) is 0 Å². The van der Waals surface area contributed by atoms with E-state index in [1.165, 1.54) is 17.8 Å². The molecule has 74 valence electrons. The molecule has 1 aromatic heterocycles. The minimum Gasteiger partial charge on any atom is -0.325 e. The van der Waals surface area contributed by atoms with Gasteiger partial charge in [0.1, 0.15) is 0 Å². The first kappa shape index (κ1) is 10.5. The Morgan fingerprint density at radius 2 is 2.31 bits per heavy atom. The molecule has 0 fully saturated rings. The number of rotatable bonds is 2. The lowest BCUT2D eigenvalue weighted by Crippen LogP contribution is -2.38. The van der Waals surface area contributed by atoms with E-state index < -0.39 is 11.7 Å². The summed E-state index contributed by atoms with van der Waals surface area (Å²) in [5.41, 5.74) is 4.20. The predicted octanol–water partition coefficient (Wildman–Crippen LogP) is 1.61. The zero-order valence-electron chi connectivity index (χ0n) is 7.88. The van der Waals surface area contributed by atoms with Crippen LogP contribution < -0.4 is 5.73 Å². The third-order valence-electron chi connectivity index (χ3n) is 2.21. The molecule has 13 heavy (non-hydrogen) atoms. The van der Waals surface area contributed by atoms with E-state index in [0.29, 0.717) is 10.7 Å². The Labute approximate surface area is 81.7 Å².